The zero-order valence-electron chi connectivity index (χ0n) is 19.6. The Balaban J connectivity index is 1.48. The minimum absolute atomic E-state index is 0.107. The highest BCUT2D eigenvalue weighted by molar-refractivity contribution is 6.06. The number of rotatable bonds is 7. The molecule has 0 unspecified atom stereocenters. The second kappa shape index (κ2) is 9.59. The van der Waals surface area contributed by atoms with E-state index in [-0.39, 0.29) is 30.8 Å². The lowest BCUT2D eigenvalue weighted by atomic mass is 10.1. The number of aromatic nitrogens is 4. The Morgan fingerprint density at radius 2 is 1.86 bits per heavy atom. The Bertz CT molecular complexity index is 1590. The number of imidazole rings is 2. The number of methoxy groups -OCH3 is 1. The first-order valence-electron chi connectivity index (χ1n) is 11.2. The van der Waals surface area contributed by atoms with Gasteiger partial charge in [-0.05, 0) is 30.3 Å². The highest BCUT2D eigenvalue weighted by Gasteiger charge is 2.19. The van der Waals surface area contributed by atoms with E-state index in [9.17, 15) is 14.0 Å². The van der Waals surface area contributed by atoms with Crippen LogP contribution >= 0.6 is 0 Å². The molecule has 2 aromatic heterocycles. The molecule has 0 atom stereocenters. The van der Waals surface area contributed by atoms with E-state index in [2.05, 4.69) is 20.6 Å². The van der Waals surface area contributed by atoms with Crippen LogP contribution < -0.4 is 10.6 Å². The van der Waals surface area contributed by atoms with Crippen LogP contribution in [-0.2, 0) is 23.1 Å². The quantitative estimate of drug-likeness (QED) is 0.324. The van der Waals surface area contributed by atoms with Crippen molar-refractivity contribution < 1.29 is 18.7 Å². The van der Waals surface area contributed by atoms with Crippen molar-refractivity contribution in [2.45, 2.75) is 6.54 Å². The number of fused-ring (bicyclic) bond motifs is 2. The summed E-state index contributed by atoms with van der Waals surface area (Å²) in [4.78, 5) is 37.5. The van der Waals surface area contributed by atoms with Crippen LogP contribution in [0.2, 0.25) is 0 Å². The van der Waals surface area contributed by atoms with Crippen LogP contribution in [0.5, 0.6) is 0 Å². The molecule has 182 valence electrons. The van der Waals surface area contributed by atoms with Gasteiger partial charge in [-0.2, -0.15) is 0 Å². The van der Waals surface area contributed by atoms with Gasteiger partial charge >= 0.3 is 0 Å². The molecular formula is C26H23FN6O3. The lowest BCUT2D eigenvalue weighted by Gasteiger charge is -2.11. The van der Waals surface area contributed by atoms with E-state index in [4.69, 9.17) is 9.72 Å². The number of hydrogen-bond donors (Lipinski definition) is 3. The maximum atomic E-state index is 13.5. The van der Waals surface area contributed by atoms with Gasteiger partial charge in [0.15, 0.2) is 0 Å². The predicted octanol–water partition coefficient (Wildman–Crippen LogP) is 3.77. The summed E-state index contributed by atoms with van der Waals surface area (Å²) in [6, 6.07) is 17.2. The summed E-state index contributed by atoms with van der Waals surface area (Å²) in [6.07, 6.45) is 0. The molecule has 0 spiro atoms. The maximum Gasteiger partial charge on any atom is 0.251 e. The number of hydrogen-bond acceptors (Lipinski definition) is 5. The zero-order chi connectivity index (χ0) is 25.2. The number of halogens is 1. The fourth-order valence-electron chi connectivity index (χ4n) is 4.13. The largest absolute Gasteiger partial charge is 0.375 e. The average Bonchev–Trinajstić information content (AvgIpc) is 3.43. The molecule has 0 fully saturated rings. The van der Waals surface area contributed by atoms with Crippen molar-refractivity contribution >= 4 is 39.6 Å². The van der Waals surface area contributed by atoms with Gasteiger partial charge in [-0.25, -0.2) is 14.4 Å². The van der Waals surface area contributed by atoms with Gasteiger partial charge < -0.3 is 24.9 Å². The number of amides is 2. The molecule has 5 aromatic rings. The molecule has 0 saturated carbocycles. The van der Waals surface area contributed by atoms with E-state index in [0.717, 1.165) is 5.56 Å². The Kier molecular flexibility index (Phi) is 6.17. The molecule has 0 aliphatic heterocycles. The normalized spacial score (nSPS) is 11.2. The average molecular weight is 487 g/mol. The standard InChI is InChI=1S/C26H23FN6O3/c1-33-24-20(31-23(34)14-36-2)10-16(11-21(24)32-25(33)15-6-4-3-5-7-15)26(35)28-13-22-29-18-9-8-17(27)12-19(18)30-22/h3-12H,13-14H2,1-2H3,(H,28,35)(H,29,30)(H,31,34). The molecule has 36 heavy (non-hydrogen) atoms. The van der Waals surface area contributed by atoms with Crippen LogP contribution in [-0.4, -0.2) is 45.1 Å². The number of nitrogens with one attached hydrogen (secondary N) is 3. The lowest BCUT2D eigenvalue weighted by molar-refractivity contribution is -0.119. The Morgan fingerprint density at radius 1 is 1.06 bits per heavy atom. The molecule has 3 N–H and O–H groups in total. The number of carbonyl (C=O) groups is 2. The van der Waals surface area contributed by atoms with Crippen molar-refractivity contribution in [2.24, 2.45) is 7.05 Å². The number of aryl methyl sites for hydroxylation is 1. The number of anilines is 1. The predicted molar refractivity (Wildman–Crippen MR) is 134 cm³/mol. The molecular weight excluding hydrogens is 463 g/mol. The van der Waals surface area contributed by atoms with Crippen molar-refractivity contribution in [2.75, 3.05) is 19.0 Å². The maximum absolute atomic E-state index is 13.5. The second-order valence-electron chi connectivity index (χ2n) is 8.26. The first-order chi connectivity index (χ1) is 17.4. The van der Waals surface area contributed by atoms with Gasteiger partial charge in [-0.15, -0.1) is 0 Å². The molecule has 0 radical (unpaired) electrons. The van der Waals surface area contributed by atoms with E-state index >= 15 is 0 Å². The van der Waals surface area contributed by atoms with Crippen molar-refractivity contribution in [1.29, 1.82) is 0 Å². The zero-order valence-corrected chi connectivity index (χ0v) is 19.6. The van der Waals surface area contributed by atoms with E-state index in [1.165, 1.54) is 19.2 Å². The molecule has 2 heterocycles. The lowest BCUT2D eigenvalue weighted by Crippen LogP contribution is -2.24. The number of carbonyl (C=O) groups excluding carboxylic acids is 2. The van der Waals surface area contributed by atoms with E-state index in [0.29, 0.717) is 45.0 Å². The Hall–Kier alpha value is -4.57. The van der Waals surface area contributed by atoms with Crippen LogP contribution in [0.15, 0.2) is 60.7 Å². The van der Waals surface area contributed by atoms with Crippen molar-refractivity contribution in [1.82, 2.24) is 24.8 Å². The SMILES string of the molecule is COCC(=O)Nc1cc(C(=O)NCc2nc3ccc(F)cc3[nH]2)cc2nc(-c3ccccc3)n(C)c12. The third-order valence-corrected chi connectivity index (χ3v) is 5.72. The molecule has 0 aliphatic rings. The highest BCUT2D eigenvalue weighted by Crippen LogP contribution is 2.30. The van der Waals surface area contributed by atoms with E-state index in [1.807, 2.05) is 41.9 Å². The van der Waals surface area contributed by atoms with Crippen LogP contribution in [0.25, 0.3) is 33.5 Å². The summed E-state index contributed by atoms with van der Waals surface area (Å²) in [5, 5.41) is 5.64. The second-order valence-corrected chi connectivity index (χ2v) is 8.26. The number of benzene rings is 3. The fourth-order valence-corrected chi connectivity index (χ4v) is 4.13. The van der Waals surface area contributed by atoms with Crippen LogP contribution in [0.4, 0.5) is 10.1 Å². The number of nitrogens with zero attached hydrogens (tertiary/aromatic N) is 3. The van der Waals surface area contributed by atoms with Crippen molar-refractivity contribution in [3.05, 3.63) is 77.9 Å². The van der Waals surface area contributed by atoms with E-state index < -0.39 is 0 Å². The first-order valence-corrected chi connectivity index (χ1v) is 11.2. The summed E-state index contributed by atoms with van der Waals surface area (Å²) in [6.45, 7) is -0.0238. The van der Waals surface area contributed by atoms with Gasteiger partial charge in [0.1, 0.15) is 24.1 Å². The van der Waals surface area contributed by atoms with Gasteiger partial charge in [-0.1, -0.05) is 30.3 Å². The minimum atomic E-state index is -0.377. The topological polar surface area (TPSA) is 114 Å². The summed E-state index contributed by atoms with van der Waals surface area (Å²) in [7, 11) is 3.29. The summed E-state index contributed by atoms with van der Waals surface area (Å²) in [5.74, 6) is 0.0806. The van der Waals surface area contributed by atoms with Gasteiger partial charge in [-0.3, -0.25) is 9.59 Å². The Morgan fingerprint density at radius 3 is 2.64 bits per heavy atom. The number of ether oxygens (including phenoxy) is 1. The van der Waals surface area contributed by atoms with Crippen molar-refractivity contribution in [3.63, 3.8) is 0 Å². The molecule has 3 aromatic carbocycles. The van der Waals surface area contributed by atoms with Gasteiger partial charge in [0.2, 0.25) is 5.91 Å². The van der Waals surface area contributed by atoms with Gasteiger partial charge in [0, 0.05) is 25.3 Å². The van der Waals surface area contributed by atoms with Gasteiger partial charge in [0.05, 0.1) is 34.3 Å². The monoisotopic (exact) mass is 486 g/mol. The first kappa shape index (κ1) is 23.2. The Labute approximate surface area is 205 Å². The van der Waals surface area contributed by atoms with Crippen LogP contribution in [0.1, 0.15) is 16.2 Å². The smallest absolute Gasteiger partial charge is 0.251 e. The third kappa shape index (κ3) is 4.53. The summed E-state index contributed by atoms with van der Waals surface area (Å²) in [5.41, 5.74) is 4.03. The van der Waals surface area contributed by atoms with Crippen molar-refractivity contribution in [3.8, 4) is 11.4 Å². The molecule has 5 rings (SSSR count). The number of H-pyrrole nitrogens is 1. The molecule has 0 saturated heterocycles. The molecule has 9 nitrogen and oxygen atoms in total. The third-order valence-electron chi connectivity index (χ3n) is 5.72. The van der Waals surface area contributed by atoms with E-state index in [1.54, 1.807) is 18.2 Å². The molecule has 0 aliphatic carbocycles. The van der Waals surface area contributed by atoms with Gasteiger partial charge in [0.25, 0.3) is 5.91 Å². The minimum Gasteiger partial charge on any atom is -0.375 e. The molecule has 0 bridgehead atoms. The molecule has 2 amide bonds. The number of aromatic amines is 1. The van der Waals surface area contributed by atoms with Crippen LogP contribution in [0.3, 0.4) is 0 Å². The van der Waals surface area contributed by atoms with Crippen LogP contribution in [0, 0.1) is 5.82 Å². The fraction of sp³-hybridized carbons (Fsp3) is 0.154. The molecule has 10 heteroatoms. The summed E-state index contributed by atoms with van der Waals surface area (Å²) >= 11 is 0. The highest BCUT2D eigenvalue weighted by atomic mass is 19.1. The summed E-state index contributed by atoms with van der Waals surface area (Å²) < 4.78 is 20.3.